The minimum atomic E-state index is -4.42. The largest absolute Gasteiger partial charge is 1.00 e. The maximum Gasteiger partial charge on any atom is 1.00 e. The number of ether oxygens (including phenoxy) is 1. The van der Waals surface area contributed by atoms with Gasteiger partial charge in [-0.1, -0.05) is 13.3 Å². The summed E-state index contributed by atoms with van der Waals surface area (Å²) in [6.45, 7) is 1.92. The van der Waals surface area contributed by atoms with E-state index >= 15 is 0 Å². The van der Waals surface area contributed by atoms with Crippen LogP contribution < -0.4 is 34.5 Å². The van der Waals surface area contributed by atoms with Crippen LogP contribution in [0.2, 0.25) is 0 Å². The van der Waals surface area contributed by atoms with E-state index in [1.165, 1.54) is 0 Å². The molecule has 0 N–H and O–H groups in total. The monoisotopic (exact) mass is 218 g/mol. The Morgan fingerprint density at radius 1 is 1.54 bits per heavy atom. The molecule has 1 unspecified atom stereocenters. The molecule has 0 heterocycles. The molecule has 0 bridgehead atoms. The summed E-state index contributed by atoms with van der Waals surface area (Å²) in [7, 11) is -3.43. The maximum atomic E-state index is 10.8. The van der Waals surface area contributed by atoms with Crippen LogP contribution >= 0.6 is 7.60 Å². The average molecular weight is 218 g/mol. The number of hydrogen-bond acceptors (Lipinski definition) is 5. The Morgan fingerprint density at radius 3 is 2.46 bits per heavy atom. The fourth-order valence-electron chi connectivity index (χ4n) is 0.494. The van der Waals surface area contributed by atoms with E-state index in [0.717, 1.165) is 13.5 Å². The fraction of sp³-hybridized carbons (Fsp3) is 0.833. The van der Waals surface area contributed by atoms with Crippen LogP contribution in [0.1, 0.15) is 19.8 Å². The maximum absolute atomic E-state index is 10.8. The van der Waals surface area contributed by atoms with E-state index in [1.54, 1.807) is 0 Å². The van der Waals surface area contributed by atoms with Gasteiger partial charge in [0.05, 0.1) is 13.7 Å². The molecular formula is C6H12NaO5P. The molecule has 0 aliphatic heterocycles. The zero-order chi connectivity index (χ0) is 9.61. The topological polar surface area (TPSA) is 75.7 Å². The van der Waals surface area contributed by atoms with E-state index in [1.807, 2.05) is 6.92 Å². The van der Waals surface area contributed by atoms with Gasteiger partial charge in [-0.2, -0.15) is 0 Å². The standard InChI is InChI=1S/C6H13O5P.Na/c1-3-4-5-11-12(8,9)6(7)10-2;/h3-5H2,1-2H3,(H,8,9);/q;+1/p-1. The van der Waals surface area contributed by atoms with E-state index in [0.29, 0.717) is 6.42 Å². The van der Waals surface area contributed by atoms with Crippen LogP contribution in [0.5, 0.6) is 0 Å². The van der Waals surface area contributed by atoms with Crippen LogP contribution in [-0.4, -0.2) is 19.4 Å². The molecule has 0 aliphatic rings. The van der Waals surface area contributed by atoms with Gasteiger partial charge in [-0.3, -0.25) is 4.57 Å². The quantitative estimate of drug-likeness (QED) is 0.307. The van der Waals surface area contributed by atoms with E-state index in [4.69, 9.17) is 0 Å². The van der Waals surface area contributed by atoms with Crippen molar-refractivity contribution >= 4 is 13.3 Å². The summed E-state index contributed by atoms with van der Waals surface area (Å²) in [4.78, 5) is 21.3. The van der Waals surface area contributed by atoms with E-state index < -0.39 is 13.3 Å². The first-order valence-electron chi connectivity index (χ1n) is 3.58. The second-order valence-corrected chi connectivity index (χ2v) is 3.77. The van der Waals surface area contributed by atoms with Crippen molar-refractivity contribution in [3.05, 3.63) is 0 Å². The van der Waals surface area contributed by atoms with Crippen molar-refractivity contribution in [2.45, 2.75) is 19.8 Å². The van der Waals surface area contributed by atoms with Crippen LogP contribution in [0.15, 0.2) is 0 Å². The van der Waals surface area contributed by atoms with Gasteiger partial charge < -0.3 is 14.2 Å². The molecule has 0 aromatic rings. The Hall–Kier alpha value is 0.620. The van der Waals surface area contributed by atoms with Gasteiger partial charge in [0.2, 0.25) is 7.60 Å². The molecule has 5 nitrogen and oxygen atoms in total. The van der Waals surface area contributed by atoms with Crippen LogP contribution in [0.25, 0.3) is 0 Å². The number of carbonyl (C=O) groups is 1. The molecule has 7 heteroatoms. The molecule has 13 heavy (non-hydrogen) atoms. The first kappa shape index (κ1) is 16.1. The van der Waals surface area contributed by atoms with Crippen LogP contribution in [0.3, 0.4) is 0 Å². The van der Waals surface area contributed by atoms with Crippen molar-refractivity contribution in [1.29, 1.82) is 0 Å². The summed E-state index contributed by atoms with van der Waals surface area (Å²) >= 11 is 0. The Balaban J connectivity index is 0. The second-order valence-electron chi connectivity index (χ2n) is 2.15. The van der Waals surface area contributed by atoms with Crippen LogP contribution in [0.4, 0.5) is 4.79 Å². The molecule has 0 saturated carbocycles. The Labute approximate surface area is 99.6 Å². The SMILES string of the molecule is CCCCOP(=O)([O-])C(=O)OC.[Na+]. The van der Waals surface area contributed by atoms with Gasteiger partial charge in [-0.25, -0.2) is 4.79 Å². The number of rotatable bonds is 5. The molecule has 0 fully saturated rings. The molecule has 0 saturated heterocycles. The predicted octanol–water partition coefficient (Wildman–Crippen LogP) is -1.87. The summed E-state index contributed by atoms with van der Waals surface area (Å²) in [5.41, 5.74) is -1.32. The first-order valence-corrected chi connectivity index (χ1v) is 5.13. The number of carbonyl (C=O) groups excluding carboxylic acids is 1. The molecule has 1 atom stereocenters. The van der Waals surface area contributed by atoms with E-state index in [2.05, 4.69) is 9.26 Å². The average Bonchev–Trinajstić information content (AvgIpc) is 2.03. The van der Waals surface area contributed by atoms with E-state index in [-0.39, 0.29) is 36.2 Å². The van der Waals surface area contributed by atoms with Gasteiger partial charge in [0.15, 0.2) is 0 Å². The molecule has 0 amide bonds. The van der Waals surface area contributed by atoms with Gasteiger partial charge in [-0.05, 0) is 6.42 Å². The van der Waals surface area contributed by atoms with Gasteiger partial charge in [0, 0.05) is 0 Å². The van der Waals surface area contributed by atoms with E-state index in [9.17, 15) is 14.3 Å². The Morgan fingerprint density at radius 2 is 2.08 bits per heavy atom. The minimum Gasteiger partial charge on any atom is -0.770 e. The summed E-state index contributed by atoms with van der Waals surface area (Å²) in [5.74, 6) is 0. The Kier molecular flexibility index (Phi) is 9.85. The van der Waals surface area contributed by atoms with Crippen molar-refractivity contribution in [3.63, 3.8) is 0 Å². The minimum absolute atomic E-state index is 0. The summed E-state index contributed by atoms with van der Waals surface area (Å²) in [6, 6.07) is 0. The van der Waals surface area contributed by atoms with Crippen molar-refractivity contribution in [2.24, 2.45) is 0 Å². The first-order chi connectivity index (χ1) is 5.54. The summed E-state index contributed by atoms with van der Waals surface area (Å²) < 4.78 is 19.1. The molecule has 0 aromatic carbocycles. The summed E-state index contributed by atoms with van der Waals surface area (Å²) in [5, 5.41) is 0. The third-order valence-electron chi connectivity index (χ3n) is 1.16. The zero-order valence-electron chi connectivity index (χ0n) is 8.11. The van der Waals surface area contributed by atoms with Crippen molar-refractivity contribution < 1.29 is 53.1 Å². The van der Waals surface area contributed by atoms with Gasteiger partial charge in [-0.15, -0.1) is 0 Å². The van der Waals surface area contributed by atoms with Crippen molar-refractivity contribution in [2.75, 3.05) is 13.7 Å². The van der Waals surface area contributed by atoms with Crippen LogP contribution in [0, 0.1) is 0 Å². The Bertz CT molecular complexity index is 195. The normalized spacial score (nSPS) is 14.1. The predicted molar refractivity (Wildman–Crippen MR) is 40.9 cm³/mol. The molecule has 0 aliphatic carbocycles. The molecule has 0 aromatic heterocycles. The third kappa shape index (κ3) is 6.66. The number of methoxy groups -OCH3 is 1. The summed E-state index contributed by atoms with van der Waals surface area (Å²) in [6.07, 6.45) is 1.41. The zero-order valence-corrected chi connectivity index (χ0v) is 11.0. The second kappa shape index (κ2) is 7.97. The van der Waals surface area contributed by atoms with Crippen molar-refractivity contribution in [3.8, 4) is 0 Å². The molecular weight excluding hydrogens is 206 g/mol. The van der Waals surface area contributed by atoms with Gasteiger partial charge in [0.1, 0.15) is 0 Å². The molecule has 0 spiro atoms. The van der Waals surface area contributed by atoms with Crippen LogP contribution in [-0.2, 0) is 13.8 Å². The molecule has 72 valence electrons. The van der Waals surface area contributed by atoms with Crippen molar-refractivity contribution in [1.82, 2.24) is 0 Å². The smallest absolute Gasteiger partial charge is 0.770 e. The van der Waals surface area contributed by atoms with Gasteiger partial charge >= 0.3 is 35.3 Å². The fourth-order valence-corrected chi connectivity index (χ4v) is 1.19. The molecule has 0 rings (SSSR count). The number of unbranched alkanes of at least 4 members (excludes halogenated alkanes) is 1. The molecule has 0 radical (unpaired) electrons. The third-order valence-corrected chi connectivity index (χ3v) is 2.31. The number of hydrogen-bond donors (Lipinski definition) is 0. The van der Waals surface area contributed by atoms with Gasteiger partial charge in [0.25, 0.3) is 0 Å².